The van der Waals surface area contributed by atoms with Crippen molar-refractivity contribution in [3.05, 3.63) is 28.4 Å². The third-order valence-electron chi connectivity index (χ3n) is 1.74. The van der Waals surface area contributed by atoms with Gasteiger partial charge in [-0.15, -0.1) is 5.10 Å². The summed E-state index contributed by atoms with van der Waals surface area (Å²) in [7, 11) is 0. The van der Waals surface area contributed by atoms with Gasteiger partial charge in [0.15, 0.2) is 5.82 Å². The molecule has 0 spiro atoms. The van der Waals surface area contributed by atoms with E-state index in [1.807, 2.05) is 0 Å². The molecular formula is C8H10N6O2. The molecule has 8 heteroatoms. The minimum absolute atomic E-state index is 0.211. The zero-order valence-electron chi connectivity index (χ0n) is 8.30. The van der Waals surface area contributed by atoms with E-state index >= 15 is 0 Å². The lowest BCUT2D eigenvalue weighted by Crippen LogP contribution is -2.07. The lowest BCUT2D eigenvalue weighted by molar-refractivity contribution is 0.509. The van der Waals surface area contributed by atoms with Crippen molar-refractivity contribution in [2.75, 3.05) is 11.9 Å². The summed E-state index contributed by atoms with van der Waals surface area (Å²) in [5.41, 5.74) is 5.06. The molecule has 0 aliphatic carbocycles. The predicted molar refractivity (Wildman–Crippen MR) is 55.2 cm³/mol. The first-order valence-electron chi connectivity index (χ1n) is 4.63. The molecule has 0 amide bonds. The molecule has 2 aromatic rings. The molecule has 0 aromatic carbocycles. The Kier molecular flexibility index (Phi) is 2.92. The molecular weight excluding hydrogens is 212 g/mol. The van der Waals surface area contributed by atoms with E-state index in [0.717, 1.165) is 0 Å². The lowest BCUT2D eigenvalue weighted by Gasteiger charge is -1.97. The molecule has 2 rings (SSSR count). The summed E-state index contributed by atoms with van der Waals surface area (Å²) in [6.07, 6.45) is 0.522. The highest BCUT2D eigenvalue weighted by molar-refractivity contribution is 5.43. The number of H-pyrrole nitrogens is 1. The van der Waals surface area contributed by atoms with E-state index in [2.05, 4.69) is 25.7 Å². The fourth-order valence-electron chi connectivity index (χ4n) is 1.05. The normalized spacial score (nSPS) is 10.3. The van der Waals surface area contributed by atoms with Crippen molar-refractivity contribution in [1.82, 2.24) is 20.4 Å². The fourth-order valence-corrected chi connectivity index (χ4v) is 1.05. The third-order valence-corrected chi connectivity index (χ3v) is 1.74. The molecule has 0 aliphatic rings. The number of hydrogen-bond donors (Lipinski definition) is 3. The quantitative estimate of drug-likeness (QED) is 0.631. The highest BCUT2D eigenvalue weighted by Gasteiger charge is 2.05. The van der Waals surface area contributed by atoms with Gasteiger partial charge in [-0.3, -0.25) is 10.1 Å². The Morgan fingerprint density at radius 2 is 2.31 bits per heavy atom. The summed E-state index contributed by atoms with van der Waals surface area (Å²) in [5, 5.41) is 16.2. The molecule has 0 atom stereocenters. The molecule has 4 N–H and O–H groups in total. The molecule has 0 radical (unpaired) electrons. The Morgan fingerprint density at radius 1 is 1.44 bits per heavy atom. The van der Waals surface area contributed by atoms with Crippen LogP contribution in [0.5, 0.6) is 0 Å². The third kappa shape index (κ3) is 2.42. The number of aromatic nitrogens is 4. The molecule has 0 fully saturated rings. The van der Waals surface area contributed by atoms with Crippen LogP contribution < -0.4 is 16.6 Å². The van der Waals surface area contributed by atoms with Crippen molar-refractivity contribution >= 4 is 11.8 Å². The molecule has 8 nitrogen and oxygen atoms in total. The first-order chi connectivity index (χ1) is 7.78. The summed E-state index contributed by atoms with van der Waals surface area (Å²) in [4.78, 5) is 10.8. The second-order valence-electron chi connectivity index (χ2n) is 2.97. The standard InChI is InChI=1S/C8H10N6O2/c9-4-3-7-13-14-8(16-7)10-5-1-2-6(15)12-11-5/h1-2H,3-4,9H2,(H,12,15)(H,10,11,14). The average molecular weight is 222 g/mol. The van der Waals surface area contributed by atoms with Crippen LogP contribution in [0.4, 0.5) is 11.8 Å². The van der Waals surface area contributed by atoms with Crippen molar-refractivity contribution in [2.24, 2.45) is 5.73 Å². The average Bonchev–Trinajstić information content (AvgIpc) is 2.70. The Labute approximate surface area is 89.9 Å². The van der Waals surface area contributed by atoms with Gasteiger partial charge in [-0.1, -0.05) is 5.10 Å². The summed E-state index contributed by atoms with van der Waals surface area (Å²) in [5.74, 6) is 0.872. The van der Waals surface area contributed by atoms with Gasteiger partial charge in [-0.05, 0) is 6.07 Å². The molecule has 0 unspecified atom stereocenters. The summed E-state index contributed by atoms with van der Waals surface area (Å²) < 4.78 is 5.21. The Balaban J connectivity index is 2.08. The molecule has 0 saturated heterocycles. The van der Waals surface area contributed by atoms with Crippen LogP contribution in [0.2, 0.25) is 0 Å². The van der Waals surface area contributed by atoms with Gasteiger partial charge in [0, 0.05) is 19.0 Å². The van der Waals surface area contributed by atoms with Gasteiger partial charge in [0.05, 0.1) is 0 Å². The number of rotatable bonds is 4. The first kappa shape index (κ1) is 10.3. The molecule has 84 valence electrons. The van der Waals surface area contributed by atoms with E-state index in [-0.39, 0.29) is 11.6 Å². The van der Waals surface area contributed by atoms with Gasteiger partial charge in [0.2, 0.25) is 5.89 Å². The number of nitrogens with one attached hydrogen (secondary N) is 2. The maximum atomic E-state index is 10.8. The zero-order chi connectivity index (χ0) is 11.4. The van der Waals surface area contributed by atoms with Crippen LogP contribution in [0.3, 0.4) is 0 Å². The van der Waals surface area contributed by atoms with E-state index in [1.165, 1.54) is 12.1 Å². The predicted octanol–water partition coefficient (Wildman–Crippen LogP) is -0.602. The van der Waals surface area contributed by atoms with Gasteiger partial charge < -0.3 is 10.2 Å². The van der Waals surface area contributed by atoms with E-state index in [4.69, 9.17) is 10.2 Å². The zero-order valence-corrected chi connectivity index (χ0v) is 8.30. The van der Waals surface area contributed by atoms with Crippen LogP contribution in [-0.4, -0.2) is 26.9 Å². The maximum Gasteiger partial charge on any atom is 0.321 e. The topological polar surface area (TPSA) is 123 Å². The summed E-state index contributed by atoms with van der Waals surface area (Å²) in [6.45, 7) is 0.443. The summed E-state index contributed by atoms with van der Waals surface area (Å²) in [6, 6.07) is 3.06. The Bertz CT molecular complexity index is 499. The number of aromatic amines is 1. The molecule has 0 bridgehead atoms. The largest absolute Gasteiger partial charge is 0.408 e. The van der Waals surface area contributed by atoms with E-state index in [1.54, 1.807) is 0 Å². The number of hydrogen-bond acceptors (Lipinski definition) is 7. The van der Waals surface area contributed by atoms with Gasteiger partial charge in [-0.25, -0.2) is 5.10 Å². The van der Waals surface area contributed by atoms with Crippen molar-refractivity contribution in [3.8, 4) is 0 Å². The number of nitrogens with two attached hydrogens (primary N) is 1. The lowest BCUT2D eigenvalue weighted by atomic mass is 10.4. The number of nitrogens with zero attached hydrogens (tertiary/aromatic N) is 3. The first-order valence-corrected chi connectivity index (χ1v) is 4.63. The van der Waals surface area contributed by atoms with Crippen molar-refractivity contribution < 1.29 is 4.42 Å². The van der Waals surface area contributed by atoms with Crippen LogP contribution in [0.15, 0.2) is 21.3 Å². The highest BCUT2D eigenvalue weighted by atomic mass is 16.4. The second kappa shape index (κ2) is 4.53. The minimum Gasteiger partial charge on any atom is -0.408 e. The molecule has 16 heavy (non-hydrogen) atoms. The SMILES string of the molecule is NCCc1nnc(Nc2ccc(=O)[nH]n2)o1. The van der Waals surface area contributed by atoms with E-state index < -0.39 is 0 Å². The van der Waals surface area contributed by atoms with Crippen molar-refractivity contribution in [3.63, 3.8) is 0 Å². The van der Waals surface area contributed by atoms with Gasteiger partial charge in [0.25, 0.3) is 5.56 Å². The molecule has 2 heterocycles. The monoisotopic (exact) mass is 222 g/mol. The Hall–Kier alpha value is -2.22. The molecule has 0 aliphatic heterocycles. The van der Waals surface area contributed by atoms with Crippen LogP contribution >= 0.6 is 0 Å². The van der Waals surface area contributed by atoms with Gasteiger partial charge in [-0.2, -0.15) is 5.10 Å². The fraction of sp³-hybridized carbons (Fsp3) is 0.250. The van der Waals surface area contributed by atoms with Crippen LogP contribution in [-0.2, 0) is 6.42 Å². The van der Waals surface area contributed by atoms with Crippen molar-refractivity contribution in [2.45, 2.75) is 6.42 Å². The second-order valence-corrected chi connectivity index (χ2v) is 2.97. The maximum absolute atomic E-state index is 10.8. The highest BCUT2D eigenvalue weighted by Crippen LogP contribution is 2.10. The molecule has 0 saturated carbocycles. The van der Waals surface area contributed by atoms with Crippen LogP contribution in [0.25, 0.3) is 0 Å². The van der Waals surface area contributed by atoms with Crippen LogP contribution in [0, 0.1) is 0 Å². The smallest absolute Gasteiger partial charge is 0.321 e. The van der Waals surface area contributed by atoms with Gasteiger partial charge >= 0.3 is 6.01 Å². The van der Waals surface area contributed by atoms with E-state index in [9.17, 15) is 4.79 Å². The van der Waals surface area contributed by atoms with Crippen LogP contribution in [0.1, 0.15) is 5.89 Å². The van der Waals surface area contributed by atoms with Gasteiger partial charge in [0.1, 0.15) is 0 Å². The minimum atomic E-state index is -0.278. The summed E-state index contributed by atoms with van der Waals surface area (Å²) >= 11 is 0. The Morgan fingerprint density at radius 3 is 3.00 bits per heavy atom. The van der Waals surface area contributed by atoms with E-state index in [0.29, 0.717) is 24.7 Å². The molecule has 2 aromatic heterocycles. The number of anilines is 2. The van der Waals surface area contributed by atoms with Crippen molar-refractivity contribution in [1.29, 1.82) is 0 Å².